The standard InChI is InChI=1S/C25H25FN4O4S/c1-16-4-9-22-23(30(16)17(2)31)11-10-21(24(22)34-25-27-14-19(26)15-28-25)18-5-7-20(8-6-18)29-12-3-13-35(29,32)33/h5-8,10-11,14-16H,3-4,9,12-13H2,1-2H3/t16-/m0/s1. The van der Waals surface area contributed by atoms with Gasteiger partial charge in [0.2, 0.25) is 15.9 Å². The summed E-state index contributed by atoms with van der Waals surface area (Å²) in [6.07, 6.45) is 4.10. The fourth-order valence-corrected chi connectivity index (χ4v) is 6.37. The molecule has 0 N–H and O–H groups in total. The second kappa shape index (κ2) is 8.92. The van der Waals surface area contributed by atoms with E-state index in [4.69, 9.17) is 4.74 Å². The Balaban J connectivity index is 1.60. The minimum absolute atomic E-state index is 0.00572. The van der Waals surface area contributed by atoms with Crippen molar-refractivity contribution in [2.45, 2.75) is 39.2 Å². The zero-order valence-corrected chi connectivity index (χ0v) is 20.3. The van der Waals surface area contributed by atoms with Crippen molar-refractivity contribution in [2.75, 3.05) is 21.5 Å². The highest BCUT2D eigenvalue weighted by atomic mass is 32.2. The molecule has 0 bridgehead atoms. The molecule has 0 spiro atoms. The first-order valence-corrected chi connectivity index (χ1v) is 13.1. The highest BCUT2D eigenvalue weighted by molar-refractivity contribution is 7.93. The minimum Gasteiger partial charge on any atom is -0.423 e. The van der Waals surface area contributed by atoms with E-state index in [1.807, 2.05) is 31.2 Å². The zero-order valence-electron chi connectivity index (χ0n) is 19.4. The van der Waals surface area contributed by atoms with Crippen LogP contribution < -0.4 is 13.9 Å². The Morgan fingerprint density at radius 2 is 1.83 bits per heavy atom. The number of halogens is 1. The summed E-state index contributed by atoms with van der Waals surface area (Å²) in [5, 5.41) is 0. The van der Waals surface area contributed by atoms with Crippen molar-refractivity contribution in [3.8, 4) is 22.9 Å². The third-order valence-corrected chi connectivity index (χ3v) is 8.31. The molecule has 182 valence electrons. The first kappa shape index (κ1) is 23.2. The van der Waals surface area contributed by atoms with E-state index in [1.165, 1.54) is 11.2 Å². The summed E-state index contributed by atoms with van der Waals surface area (Å²) >= 11 is 0. The van der Waals surface area contributed by atoms with Gasteiger partial charge in [-0.15, -0.1) is 0 Å². The Morgan fingerprint density at radius 1 is 1.11 bits per heavy atom. The molecule has 1 atom stereocenters. The molecule has 8 nitrogen and oxygen atoms in total. The van der Waals surface area contributed by atoms with Gasteiger partial charge in [-0.3, -0.25) is 9.10 Å². The Hall–Kier alpha value is -3.53. The molecule has 1 saturated heterocycles. The van der Waals surface area contributed by atoms with Gasteiger partial charge in [0.05, 0.1) is 29.5 Å². The average molecular weight is 497 g/mol. The zero-order chi connectivity index (χ0) is 24.7. The third-order valence-electron chi connectivity index (χ3n) is 6.44. The van der Waals surface area contributed by atoms with Gasteiger partial charge in [0.1, 0.15) is 5.75 Å². The maximum atomic E-state index is 13.4. The molecule has 1 fully saturated rings. The first-order chi connectivity index (χ1) is 16.7. The lowest BCUT2D eigenvalue weighted by Gasteiger charge is -2.35. The van der Waals surface area contributed by atoms with Crippen LogP contribution in [0.25, 0.3) is 11.1 Å². The number of amides is 1. The number of aromatic nitrogens is 2. The molecule has 0 saturated carbocycles. The van der Waals surface area contributed by atoms with E-state index >= 15 is 0 Å². The van der Waals surface area contributed by atoms with Crippen LogP contribution in [0.4, 0.5) is 15.8 Å². The topological polar surface area (TPSA) is 92.7 Å². The van der Waals surface area contributed by atoms with E-state index in [1.54, 1.807) is 17.0 Å². The number of hydrogen-bond donors (Lipinski definition) is 0. The highest BCUT2D eigenvalue weighted by Crippen LogP contribution is 2.44. The monoisotopic (exact) mass is 496 g/mol. The van der Waals surface area contributed by atoms with Crippen LogP contribution in [0.15, 0.2) is 48.8 Å². The van der Waals surface area contributed by atoms with E-state index in [2.05, 4.69) is 9.97 Å². The molecule has 0 unspecified atom stereocenters. The summed E-state index contributed by atoms with van der Waals surface area (Å²) in [6, 6.07) is 11.1. The summed E-state index contributed by atoms with van der Waals surface area (Å²) in [7, 11) is -3.28. The number of fused-ring (bicyclic) bond motifs is 1. The van der Waals surface area contributed by atoms with Gasteiger partial charge in [0, 0.05) is 30.6 Å². The number of benzene rings is 2. The first-order valence-electron chi connectivity index (χ1n) is 11.5. The Morgan fingerprint density at radius 3 is 2.46 bits per heavy atom. The van der Waals surface area contributed by atoms with Crippen molar-refractivity contribution in [3.63, 3.8) is 0 Å². The quantitative estimate of drug-likeness (QED) is 0.535. The SMILES string of the molecule is CC(=O)N1c2ccc(-c3ccc(N4CCCS4(=O)=O)cc3)c(Oc3ncc(F)cn3)c2CC[C@@H]1C. The van der Waals surface area contributed by atoms with Crippen molar-refractivity contribution < 1.29 is 22.3 Å². The van der Waals surface area contributed by atoms with Gasteiger partial charge in [0.15, 0.2) is 5.82 Å². The maximum Gasteiger partial charge on any atom is 0.322 e. The molecular formula is C25H25FN4O4S. The lowest BCUT2D eigenvalue weighted by Crippen LogP contribution is -2.40. The van der Waals surface area contributed by atoms with Gasteiger partial charge < -0.3 is 9.64 Å². The number of nitrogens with zero attached hydrogens (tertiary/aromatic N) is 4. The van der Waals surface area contributed by atoms with Crippen molar-refractivity contribution in [1.82, 2.24) is 9.97 Å². The summed E-state index contributed by atoms with van der Waals surface area (Å²) in [5.41, 5.74) is 3.76. The Kier molecular flexibility index (Phi) is 5.92. The fraction of sp³-hybridized carbons (Fsp3) is 0.320. The van der Waals surface area contributed by atoms with Gasteiger partial charge in [-0.2, -0.15) is 0 Å². The second-order valence-corrected chi connectivity index (χ2v) is 10.8. The van der Waals surface area contributed by atoms with Crippen molar-refractivity contribution in [3.05, 3.63) is 60.2 Å². The molecule has 2 aliphatic rings. The molecule has 35 heavy (non-hydrogen) atoms. The smallest absolute Gasteiger partial charge is 0.322 e. The molecule has 5 rings (SSSR count). The minimum atomic E-state index is -3.28. The molecule has 2 aliphatic heterocycles. The van der Waals surface area contributed by atoms with Crippen molar-refractivity contribution in [1.29, 1.82) is 0 Å². The molecule has 10 heteroatoms. The van der Waals surface area contributed by atoms with Crippen LogP contribution in [-0.4, -0.2) is 42.6 Å². The van der Waals surface area contributed by atoms with Crippen molar-refractivity contribution in [2.24, 2.45) is 0 Å². The van der Waals surface area contributed by atoms with E-state index in [9.17, 15) is 17.6 Å². The van der Waals surface area contributed by atoms with E-state index in [0.29, 0.717) is 30.8 Å². The summed E-state index contributed by atoms with van der Waals surface area (Å²) in [4.78, 5) is 22.1. The van der Waals surface area contributed by atoms with Crippen LogP contribution in [0.5, 0.6) is 11.8 Å². The van der Waals surface area contributed by atoms with Crippen molar-refractivity contribution >= 4 is 27.3 Å². The largest absolute Gasteiger partial charge is 0.423 e. The van der Waals surface area contributed by atoms with Gasteiger partial charge in [0.25, 0.3) is 0 Å². The molecule has 1 amide bonds. The van der Waals surface area contributed by atoms with Crippen LogP contribution >= 0.6 is 0 Å². The molecular weight excluding hydrogens is 471 g/mol. The Labute approximate surface area is 203 Å². The van der Waals surface area contributed by atoms with Gasteiger partial charge in [-0.05, 0) is 56.0 Å². The number of sulfonamides is 1. The van der Waals surface area contributed by atoms with Crippen LogP contribution in [0.1, 0.15) is 32.3 Å². The highest BCUT2D eigenvalue weighted by Gasteiger charge is 2.31. The number of ether oxygens (including phenoxy) is 1. The molecule has 3 aromatic rings. The number of rotatable bonds is 4. The predicted molar refractivity (Wildman–Crippen MR) is 131 cm³/mol. The predicted octanol–water partition coefficient (Wildman–Crippen LogP) is 4.30. The molecule has 0 aliphatic carbocycles. The summed E-state index contributed by atoms with van der Waals surface area (Å²) in [6.45, 7) is 4.01. The van der Waals surface area contributed by atoms with Crippen LogP contribution in [0.2, 0.25) is 0 Å². The van der Waals surface area contributed by atoms with Gasteiger partial charge >= 0.3 is 6.01 Å². The van der Waals surface area contributed by atoms with E-state index in [0.717, 1.165) is 41.2 Å². The molecule has 2 aromatic carbocycles. The molecule has 0 radical (unpaired) electrons. The lowest BCUT2D eigenvalue weighted by molar-refractivity contribution is -0.117. The normalized spacial score (nSPS) is 18.9. The van der Waals surface area contributed by atoms with E-state index in [-0.39, 0.29) is 23.7 Å². The Bertz CT molecular complexity index is 1380. The second-order valence-electron chi connectivity index (χ2n) is 8.79. The maximum absolute atomic E-state index is 13.4. The summed E-state index contributed by atoms with van der Waals surface area (Å²) in [5.74, 6) is 0.0113. The fourth-order valence-electron chi connectivity index (χ4n) is 4.81. The number of hydrogen-bond acceptors (Lipinski definition) is 6. The molecule has 3 heterocycles. The van der Waals surface area contributed by atoms with Gasteiger partial charge in [-0.25, -0.2) is 22.8 Å². The molecule has 1 aromatic heterocycles. The number of carbonyl (C=O) groups is 1. The van der Waals surface area contributed by atoms with E-state index < -0.39 is 15.8 Å². The third kappa shape index (κ3) is 4.34. The lowest BCUT2D eigenvalue weighted by atomic mass is 9.91. The van der Waals surface area contributed by atoms with Crippen LogP contribution in [0.3, 0.4) is 0 Å². The summed E-state index contributed by atoms with van der Waals surface area (Å²) < 4.78 is 45.5. The number of anilines is 2. The van der Waals surface area contributed by atoms with Gasteiger partial charge in [-0.1, -0.05) is 12.1 Å². The van der Waals surface area contributed by atoms with Crippen LogP contribution in [0, 0.1) is 5.82 Å². The number of carbonyl (C=O) groups excluding carboxylic acids is 1. The van der Waals surface area contributed by atoms with Crippen LogP contribution in [-0.2, 0) is 21.2 Å². The average Bonchev–Trinajstić information content (AvgIpc) is 3.19.